The molecule has 0 N–H and O–H groups in total. The highest BCUT2D eigenvalue weighted by Gasteiger charge is 2.62. The lowest BCUT2D eigenvalue weighted by Crippen LogP contribution is -2.55. The maximum atomic E-state index is 13.0. The molecule has 168 valence electrons. The summed E-state index contributed by atoms with van der Waals surface area (Å²) in [5.74, 6) is 4.80. The van der Waals surface area contributed by atoms with Crippen LogP contribution in [-0.2, 0) is 9.63 Å². The highest BCUT2D eigenvalue weighted by atomic mass is 16.7. The minimum absolute atomic E-state index is 0.162. The van der Waals surface area contributed by atoms with Gasteiger partial charge in [0.1, 0.15) is 0 Å². The van der Waals surface area contributed by atoms with Crippen LogP contribution in [0.4, 0.5) is 0 Å². The van der Waals surface area contributed by atoms with Crippen LogP contribution in [0.25, 0.3) is 0 Å². The van der Waals surface area contributed by atoms with Gasteiger partial charge in [-0.2, -0.15) is 0 Å². The van der Waals surface area contributed by atoms with E-state index in [0.29, 0.717) is 5.41 Å². The Labute approximate surface area is 180 Å². The summed E-state index contributed by atoms with van der Waals surface area (Å²) >= 11 is 0. The molecule has 0 heterocycles. The first-order valence-corrected chi connectivity index (χ1v) is 12.7. The molecule has 0 aliphatic heterocycles. The zero-order valence-electron chi connectivity index (χ0n) is 20.3. The maximum Gasteiger partial charge on any atom is 0.249 e. The van der Waals surface area contributed by atoms with E-state index >= 15 is 0 Å². The Morgan fingerprint density at radius 2 is 1.76 bits per heavy atom. The van der Waals surface area contributed by atoms with Crippen LogP contribution >= 0.6 is 0 Å². The molecule has 4 saturated carbocycles. The Morgan fingerprint density at radius 3 is 2.41 bits per heavy atom. The Hall–Kier alpha value is -0.570. The number of rotatable bonds is 3. The molecule has 8 atom stereocenters. The van der Waals surface area contributed by atoms with Crippen LogP contribution in [0.15, 0.2) is 0 Å². The van der Waals surface area contributed by atoms with Crippen LogP contribution in [0, 0.1) is 46.3 Å². The van der Waals surface area contributed by atoms with Crippen molar-refractivity contribution in [2.45, 2.75) is 98.8 Å². The summed E-state index contributed by atoms with van der Waals surface area (Å²) in [6.45, 7) is 11.4. The average molecular weight is 406 g/mol. The van der Waals surface area contributed by atoms with Gasteiger partial charge in [-0.05, 0) is 98.2 Å². The minimum atomic E-state index is 0.162. The van der Waals surface area contributed by atoms with Crippen molar-refractivity contribution in [2.75, 3.05) is 14.2 Å². The maximum absolute atomic E-state index is 13.0. The second-order valence-corrected chi connectivity index (χ2v) is 10.8. The molecule has 0 spiro atoms. The predicted molar refractivity (Wildman–Crippen MR) is 120 cm³/mol. The molecule has 1 amide bonds. The first-order valence-electron chi connectivity index (χ1n) is 12.7. The summed E-state index contributed by atoms with van der Waals surface area (Å²) in [6, 6.07) is 0. The zero-order chi connectivity index (χ0) is 21.4. The molecule has 4 rings (SSSR count). The van der Waals surface area contributed by atoms with Crippen molar-refractivity contribution in [3.05, 3.63) is 0 Å². The molecular formula is C26H47NO2. The number of hydrogen-bond acceptors (Lipinski definition) is 2. The van der Waals surface area contributed by atoms with Crippen LogP contribution in [-0.4, -0.2) is 25.1 Å². The number of nitrogens with zero attached hydrogens (tertiary/aromatic N) is 1. The van der Waals surface area contributed by atoms with E-state index in [1.807, 2.05) is 13.8 Å². The lowest BCUT2D eigenvalue weighted by molar-refractivity contribution is -0.181. The van der Waals surface area contributed by atoms with Gasteiger partial charge < -0.3 is 0 Å². The lowest BCUT2D eigenvalue weighted by Gasteiger charge is -2.62. The van der Waals surface area contributed by atoms with Gasteiger partial charge in [0.2, 0.25) is 5.91 Å². The van der Waals surface area contributed by atoms with Gasteiger partial charge in [-0.1, -0.05) is 41.0 Å². The van der Waals surface area contributed by atoms with E-state index in [-0.39, 0.29) is 17.2 Å². The summed E-state index contributed by atoms with van der Waals surface area (Å²) in [7, 11) is 3.39. The van der Waals surface area contributed by atoms with Crippen molar-refractivity contribution in [3.8, 4) is 0 Å². The fourth-order valence-corrected chi connectivity index (χ4v) is 8.69. The third-order valence-electron chi connectivity index (χ3n) is 10.2. The van der Waals surface area contributed by atoms with Gasteiger partial charge in [0.25, 0.3) is 0 Å². The SMILES string of the molecule is CC.CCC12CCC(C)CC1CCC1C3CCC(C(=O)N(C)OC)C3(C)CCC12. The number of carbonyl (C=O) groups excluding carboxylic acids is 1. The van der Waals surface area contributed by atoms with E-state index < -0.39 is 0 Å². The van der Waals surface area contributed by atoms with E-state index in [1.54, 1.807) is 14.2 Å². The summed E-state index contributed by atoms with van der Waals surface area (Å²) in [6.07, 6.45) is 13.6. The highest BCUT2D eigenvalue weighted by molar-refractivity contribution is 5.79. The molecule has 0 bridgehead atoms. The molecule has 4 fully saturated rings. The summed E-state index contributed by atoms with van der Waals surface area (Å²) in [5, 5.41) is 1.48. The van der Waals surface area contributed by atoms with Crippen LogP contribution in [0.5, 0.6) is 0 Å². The summed E-state index contributed by atoms with van der Waals surface area (Å²) in [5.41, 5.74) is 0.803. The standard InChI is InChI=1S/C24H41NO2.C2H6/c1-6-24-14-11-16(2)15-17(24)7-8-18-19-9-10-21(22(26)25(4)27-5)23(19,3)13-12-20(18)24;1-2/h16-21H,6-15H2,1-5H3;1-2H3. The molecule has 0 aromatic carbocycles. The minimum Gasteiger partial charge on any atom is -0.275 e. The normalized spacial score (nSPS) is 45.9. The van der Waals surface area contributed by atoms with Gasteiger partial charge in [0.15, 0.2) is 0 Å². The van der Waals surface area contributed by atoms with Crippen molar-refractivity contribution in [3.63, 3.8) is 0 Å². The number of fused-ring (bicyclic) bond motifs is 5. The van der Waals surface area contributed by atoms with Gasteiger partial charge in [-0.25, -0.2) is 5.06 Å². The third-order valence-corrected chi connectivity index (χ3v) is 10.2. The fourth-order valence-electron chi connectivity index (χ4n) is 8.69. The van der Waals surface area contributed by atoms with Crippen LogP contribution in [0.3, 0.4) is 0 Å². The molecule has 8 unspecified atom stereocenters. The van der Waals surface area contributed by atoms with Gasteiger partial charge >= 0.3 is 0 Å². The predicted octanol–water partition coefficient (Wildman–Crippen LogP) is 6.72. The number of amides is 1. The fraction of sp³-hybridized carbons (Fsp3) is 0.962. The Kier molecular flexibility index (Phi) is 7.08. The van der Waals surface area contributed by atoms with Crippen molar-refractivity contribution in [1.29, 1.82) is 0 Å². The van der Waals surface area contributed by atoms with Crippen LogP contribution in [0.2, 0.25) is 0 Å². The smallest absolute Gasteiger partial charge is 0.249 e. The highest BCUT2D eigenvalue weighted by Crippen LogP contribution is 2.68. The first-order chi connectivity index (χ1) is 13.9. The number of hydroxylamine groups is 2. The molecule has 4 aliphatic carbocycles. The lowest BCUT2D eigenvalue weighted by atomic mass is 9.43. The van der Waals surface area contributed by atoms with Gasteiger partial charge in [-0.15, -0.1) is 0 Å². The quantitative estimate of drug-likeness (QED) is 0.488. The monoisotopic (exact) mass is 405 g/mol. The van der Waals surface area contributed by atoms with E-state index in [0.717, 1.165) is 36.0 Å². The van der Waals surface area contributed by atoms with Gasteiger partial charge in [-0.3, -0.25) is 9.63 Å². The molecule has 4 aliphatic rings. The average Bonchev–Trinajstić information content (AvgIpc) is 3.10. The van der Waals surface area contributed by atoms with Gasteiger partial charge in [0, 0.05) is 13.0 Å². The number of hydrogen-bond donors (Lipinski definition) is 0. The number of carbonyl (C=O) groups is 1. The van der Waals surface area contributed by atoms with Crippen molar-refractivity contribution in [1.82, 2.24) is 5.06 Å². The van der Waals surface area contributed by atoms with E-state index in [1.165, 1.54) is 62.9 Å². The summed E-state index contributed by atoms with van der Waals surface area (Å²) in [4.78, 5) is 18.2. The van der Waals surface area contributed by atoms with Crippen LogP contribution < -0.4 is 0 Å². The first kappa shape index (κ1) is 23.1. The molecule has 0 saturated heterocycles. The largest absolute Gasteiger partial charge is 0.275 e. The molecular weight excluding hydrogens is 358 g/mol. The van der Waals surface area contributed by atoms with Crippen molar-refractivity contribution < 1.29 is 9.63 Å². The molecule has 3 nitrogen and oxygen atoms in total. The second-order valence-electron chi connectivity index (χ2n) is 10.8. The van der Waals surface area contributed by atoms with Crippen LogP contribution in [0.1, 0.15) is 98.8 Å². The molecule has 29 heavy (non-hydrogen) atoms. The Morgan fingerprint density at radius 1 is 1.03 bits per heavy atom. The molecule has 0 aromatic heterocycles. The molecule has 3 heteroatoms. The third kappa shape index (κ3) is 3.58. The van der Waals surface area contributed by atoms with Crippen molar-refractivity contribution >= 4 is 5.91 Å². The van der Waals surface area contributed by atoms with E-state index in [9.17, 15) is 4.79 Å². The molecule has 0 aromatic rings. The van der Waals surface area contributed by atoms with Gasteiger partial charge in [0.05, 0.1) is 7.11 Å². The summed E-state index contributed by atoms with van der Waals surface area (Å²) < 4.78 is 0. The van der Waals surface area contributed by atoms with E-state index in [2.05, 4.69) is 20.8 Å². The Balaban J connectivity index is 0.00000117. The topological polar surface area (TPSA) is 29.5 Å². The second kappa shape index (κ2) is 8.89. The zero-order valence-corrected chi connectivity index (χ0v) is 20.3. The van der Waals surface area contributed by atoms with Crippen molar-refractivity contribution in [2.24, 2.45) is 46.3 Å². The Bertz CT molecular complexity index is 577. The van der Waals surface area contributed by atoms with E-state index in [4.69, 9.17) is 4.84 Å². The molecule has 0 radical (unpaired) electrons.